The predicted molar refractivity (Wildman–Crippen MR) is 52.1 cm³/mol. The summed E-state index contributed by atoms with van der Waals surface area (Å²) in [6.45, 7) is 3.98. The number of halogens is 2. The van der Waals surface area contributed by atoms with E-state index in [-0.39, 0.29) is 24.1 Å². The number of benzene rings is 1. The Morgan fingerprint density at radius 2 is 1.92 bits per heavy atom. The third-order valence-corrected chi connectivity index (χ3v) is 1.67. The fourth-order valence-corrected chi connectivity index (χ4v) is 1.05. The number of anilines is 1. The van der Waals surface area contributed by atoms with E-state index >= 15 is 0 Å². The lowest BCUT2D eigenvalue weighted by Crippen LogP contribution is -1.96. The number of rotatable bonds is 1. The van der Waals surface area contributed by atoms with Gasteiger partial charge in [-0.05, 0) is 29.7 Å². The number of nitrogens with two attached hydrogens (primary N) is 1. The molecule has 0 radical (unpaired) electrons. The van der Waals surface area contributed by atoms with Crippen molar-refractivity contribution in [1.82, 2.24) is 0 Å². The maximum Gasteiger partial charge on any atom is 0.123 e. The van der Waals surface area contributed by atoms with Gasteiger partial charge in [0.05, 0.1) is 0 Å². The van der Waals surface area contributed by atoms with Gasteiger partial charge in [0.2, 0.25) is 0 Å². The second-order valence-corrected chi connectivity index (χ2v) is 2.93. The van der Waals surface area contributed by atoms with Crippen molar-refractivity contribution in [2.75, 3.05) is 5.73 Å². The van der Waals surface area contributed by atoms with Crippen LogP contribution in [0.2, 0.25) is 0 Å². The van der Waals surface area contributed by atoms with E-state index in [2.05, 4.69) is 0 Å². The van der Waals surface area contributed by atoms with Crippen molar-refractivity contribution in [2.45, 2.75) is 19.8 Å². The topological polar surface area (TPSA) is 26.0 Å². The molecular weight excluding hydrogens is 177 g/mol. The molecule has 0 unspecified atom stereocenters. The molecule has 0 spiro atoms. The van der Waals surface area contributed by atoms with Gasteiger partial charge in [0.25, 0.3) is 0 Å². The molecule has 0 amide bonds. The average Bonchev–Trinajstić information content (AvgIpc) is 1.94. The monoisotopic (exact) mass is 189 g/mol. The van der Waals surface area contributed by atoms with Gasteiger partial charge in [-0.15, -0.1) is 12.4 Å². The van der Waals surface area contributed by atoms with E-state index < -0.39 is 0 Å². The van der Waals surface area contributed by atoms with Crippen LogP contribution in [0, 0.1) is 5.82 Å². The zero-order valence-electron chi connectivity index (χ0n) is 7.17. The van der Waals surface area contributed by atoms with E-state index in [1.54, 1.807) is 6.07 Å². The van der Waals surface area contributed by atoms with E-state index in [0.717, 1.165) is 5.56 Å². The fourth-order valence-electron chi connectivity index (χ4n) is 1.05. The van der Waals surface area contributed by atoms with Crippen molar-refractivity contribution < 1.29 is 4.39 Å². The Morgan fingerprint density at radius 3 is 2.33 bits per heavy atom. The minimum absolute atomic E-state index is 0. The maximum atomic E-state index is 12.7. The van der Waals surface area contributed by atoms with E-state index in [0.29, 0.717) is 5.69 Å². The molecule has 0 fully saturated rings. The zero-order chi connectivity index (χ0) is 8.43. The Labute approximate surface area is 78.2 Å². The fraction of sp³-hybridized carbons (Fsp3) is 0.333. The van der Waals surface area contributed by atoms with Gasteiger partial charge in [0, 0.05) is 5.69 Å². The van der Waals surface area contributed by atoms with Gasteiger partial charge in [-0.2, -0.15) is 0 Å². The summed E-state index contributed by atoms with van der Waals surface area (Å²) in [5.74, 6) is 0.0635. The summed E-state index contributed by atoms with van der Waals surface area (Å²) in [5.41, 5.74) is 7.17. The minimum Gasteiger partial charge on any atom is -0.398 e. The van der Waals surface area contributed by atoms with Crippen LogP contribution in [0.1, 0.15) is 25.3 Å². The Hall–Kier alpha value is -0.760. The van der Waals surface area contributed by atoms with Crippen LogP contribution in [0.15, 0.2) is 18.2 Å². The molecule has 1 aromatic rings. The van der Waals surface area contributed by atoms with Crippen molar-refractivity contribution >= 4 is 18.1 Å². The number of hydrogen-bond donors (Lipinski definition) is 1. The molecule has 68 valence electrons. The predicted octanol–water partition coefficient (Wildman–Crippen LogP) is 2.95. The van der Waals surface area contributed by atoms with Gasteiger partial charge >= 0.3 is 0 Å². The van der Waals surface area contributed by atoms with Gasteiger partial charge in [-0.1, -0.05) is 13.8 Å². The number of nitrogen functional groups attached to an aromatic ring is 1. The van der Waals surface area contributed by atoms with Crippen molar-refractivity contribution in [3.05, 3.63) is 29.6 Å². The molecule has 0 heterocycles. The first-order valence-corrected chi connectivity index (χ1v) is 3.66. The van der Waals surface area contributed by atoms with Crippen molar-refractivity contribution in [3.63, 3.8) is 0 Å². The molecule has 0 aliphatic carbocycles. The maximum absolute atomic E-state index is 12.7. The third-order valence-electron chi connectivity index (χ3n) is 1.67. The first kappa shape index (κ1) is 11.2. The van der Waals surface area contributed by atoms with Crippen LogP contribution in [0.25, 0.3) is 0 Å². The van der Waals surface area contributed by atoms with Crippen LogP contribution in [0.3, 0.4) is 0 Å². The van der Waals surface area contributed by atoms with Crippen molar-refractivity contribution in [2.24, 2.45) is 0 Å². The minimum atomic E-state index is -0.220. The SMILES string of the molecule is CC(C)c1cc(F)ccc1N.Cl. The first-order chi connectivity index (χ1) is 5.11. The molecule has 0 bridgehead atoms. The molecule has 1 nitrogen and oxygen atoms in total. The summed E-state index contributed by atoms with van der Waals surface area (Å²) >= 11 is 0. The molecule has 3 heteroatoms. The smallest absolute Gasteiger partial charge is 0.123 e. The van der Waals surface area contributed by atoms with E-state index in [1.165, 1.54) is 12.1 Å². The first-order valence-electron chi connectivity index (χ1n) is 3.66. The summed E-state index contributed by atoms with van der Waals surface area (Å²) in [6.07, 6.45) is 0. The Bertz CT molecular complexity index is 261. The molecule has 0 aliphatic heterocycles. The Balaban J connectivity index is 0.00000121. The van der Waals surface area contributed by atoms with Gasteiger partial charge < -0.3 is 5.73 Å². The van der Waals surface area contributed by atoms with E-state index in [4.69, 9.17) is 5.73 Å². The molecule has 1 aromatic carbocycles. The highest BCUT2D eigenvalue weighted by atomic mass is 35.5. The van der Waals surface area contributed by atoms with Gasteiger partial charge in [-0.3, -0.25) is 0 Å². The lowest BCUT2D eigenvalue weighted by molar-refractivity contribution is 0.624. The van der Waals surface area contributed by atoms with Crippen LogP contribution < -0.4 is 5.73 Å². The Morgan fingerprint density at radius 1 is 1.33 bits per heavy atom. The van der Waals surface area contributed by atoms with Crippen molar-refractivity contribution in [1.29, 1.82) is 0 Å². The lowest BCUT2D eigenvalue weighted by Gasteiger charge is -2.08. The molecule has 2 N–H and O–H groups in total. The molecular formula is C9H13ClFN. The molecule has 0 atom stereocenters. The van der Waals surface area contributed by atoms with Crippen LogP contribution in [0.4, 0.5) is 10.1 Å². The lowest BCUT2D eigenvalue weighted by atomic mass is 10.0. The average molecular weight is 190 g/mol. The molecule has 0 aliphatic rings. The van der Waals surface area contributed by atoms with Crippen LogP contribution in [0.5, 0.6) is 0 Å². The largest absolute Gasteiger partial charge is 0.398 e. The summed E-state index contributed by atoms with van der Waals surface area (Å²) < 4.78 is 12.7. The highest BCUT2D eigenvalue weighted by Gasteiger charge is 2.04. The summed E-state index contributed by atoms with van der Waals surface area (Å²) in [4.78, 5) is 0. The summed E-state index contributed by atoms with van der Waals surface area (Å²) in [7, 11) is 0. The van der Waals surface area contributed by atoms with Crippen molar-refractivity contribution in [3.8, 4) is 0 Å². The molecule has 1 rings (SSSR count). The van der Waals surface area contributed by atoms with Crippen LogP contribution in [-0.4, -0.2) is 0 Å². The zero-order valence-corrected chi connectivity index (χ0v) is 7.99. The molecule has 0 aromatic heterocycles. The standard InChI is InChI=1S/C9H12FN.ClH/c1-6(2)8-5-7(10)3-4-9(8)11;/h3-6H,11H2,1-2H3;1H. The highest BCUT2D eigenvalue weighted by Crippen LogP contribution is 2.21. The van der Waals surface area contributed by atoms with E-state index in [9.17, 15) is 4.39 Å². The summed E-state index contributed by atoms with van der Waals surface area (Å²) in [5, 5.41) is 0. The van der Waals surface area contributed by atoms with Gasteiger partial charge in [0.1, 0.15) is 5.82 Å². The molecule has 0 saturated carbocycles. The highest BCUT2D eigenvalue weighted by molar-refractivity contribution is 5.85. The normalized spacial score (nSPS) is 9.67. The molecule has 0 saturated heterocycles. The second kappa shape index (κ2) is 4.31. The van der Waals surface area contributed by atoms with Gasteiger partial charge in [0.15, 0.2) is 0 Å². The molecule has 12 heavy (non-hydrogen) atoms. The van der Waals surface area contributed by atoms with Crippen LogP contribution >= 0.6 is 12.4 Å². The van der Waals surface area contributed by atoms with E-state index in [1.807, 2.05) is 13.8 Å². The van der Waals surface area contributed by atoms with Crippen LogP contribution in [-0.2, 0) is 0 Å². The quantitative estimate of drug-likeness (QED) is 0.676. The summed E-state index contributed by atoms with van der Waals surface area (Å²) in [6, 6.07) is 4.46. The second-order valence-electron chi connectivity index (χ2n) is 2.93. The number of hydrogen-bond acceptors (Lipinski definition) is 1. The Kier molecular flexibility index (Phi) is 4.04. The van der Waals surface area contributed by atoms with Gasteiger partial charge in [-0.25, -0.2) is 4.39 Å². The third kappa shape index (κ3) is 2.38.